The van der Waals surface area contributed by atoms with Crippen molar-refractivity contribution in [1.29, 1.82) is 0 Å². The standard InChI is InChI=1S/C20H12O/c21-20-14-8-2-1-5-13(14)11-17-15-9-3-6-12-7-4-10-16(18(12)15)19(17)20/h1-11,21H. The van der Waals surface area contributed by atoms with Gasteiger partial charge in [-0.25, -0.2) is 0 Å². The minimum atomic E-state index is 0.395. The summed E-state index contributed by atoms with van der Waals surface area (Å²) >= 11 is 0. The van der Waals surface area contributed by atoms with Crippen molar-refractivity contribution in [2.45, 2.75) is 0 Å². The summed E-state index contributed by atoms with van der Waals surface area (Å²) in [4.78, 5) is 0. The Morgan fingerprint density at radius 2 is 1.33 bits per heavy atom. The lowest BCUT2D eigenvalue weighted by atomic mass is 9.97. The van der Waals surface area contributed by atoms with Crippen LogP contribution in [0.2, 0.25) is 0 Å². The summed E-state index contributed by atoms with van der Waals surface area (Å²) in [6.45, 7) is 0. The van der Waals surface area contributed by atoms with Crippen LogP contribution in [-0.2, 0) is 0 Å². The van der Waals surface area contributed by atoms with Crippen LogP contribution in [0.4, 0.5) is 0 Å². The van der Waals surface area contributed by atoms with Gasteiger partial charge in [0, 0.05) is 10.9 Å². The van der Waals surface area contributed by atoms with Crippen LogP contribution in [-0.4, -0.2) is 5.11 Å². The molecule has 0 radical (unpaired) electrons. The van der Waals surface area contributed by atoms with E-state index < -0.39 is 0 Å². The fraction of sp³-hybridized carbons (Fsp3) is 0. The molecule has 4 aromatic carbocycles. The van der Waals surface area contributed by atoms with E-state index in [0.29, 0.717) is 5.75 Å². The first-order valence-corrected chi connectivity index (χ1v) is 7.12. The number of phenols is 1. The first kappa shape index (κ1) is 10.9. The lowest BCUT2D eigenvalue weighted by molar-refractivity contribution is 0.484. The maximum Gasteiger partial charge on any atom is 0.131 e. The highest BCUT2D eigenvalue weighted by Gasteiger charge is 2.25. The Morgan fingerprint density at radius 1 is 0.619 bits per heavy atom. The molecule has 1 nitrogen and oxygen atoms in total. The van der Waals surface area contributed by atoms with Crippen LogP contribution in [0, 0.1) is 0 Å². The highest BCUT2D eigenvalue weighted by Crippen LogP contribution is 2.52. The first-order valence-electron chi connectivity index (χ1n) is 7.12. The molecular formula is C20H12O. The summed E-state index contributed by atoms with van der Waals surface area (Å²) < 4.78 is 0. The topological polar surface area (TPSA) is 20.2 Å². The molecule has 0 aliphatic heterocycles. The van der Waals surface area contributed by atoms with Crippen LogP contribution in [0.3, 0.4) is 0 Å². The first-order chi connectivity index (χ1) is 10.3. The normalized spacial score (nSPS) is 12.0. The van der Waals surface area contributed by atoms with Crippen LogP contribution in [0.1, 0.15) is 0 Å². The smallest absolute Gasteiger partial charge is 0.131 e. The maximum absolute atomic E-state index is 10.8. The van der Waals surface area contributed by atoms with Crippen molar-refractivity contribution >= 4 is 21.5 Å². The Bertz CT molecular complexity index is 1040. The Balaban J connectivity index is 2.06. The number of fused-ring (bicyclic) bond motifs is 4. The molecule has 1 heteroatoms. The zero-order valence-electron chi connectivity index (χ0n) is 11.3. The Labute approximate surface area is 122 Å². The average Bonchev–Trinajstić information content (AvgIpc) is 2.85. The number of hydrogen-bond acceptors (Lipinski definition) is 1. The van der Waals surface area contributed by atoms with E-state index in [2.05, 4.69) is 48.5 Å². The summed E-state index contributed by atoms with van der Waals surface area (Å²) in [5.41, 5.74) is 4.47. The second kappa shape index (κ2) is 3.64. The van der Waals surface area contributed by atoms with E-state index in [4.69, 9.17) is 0 Å². The van der Waals surface area contributed by atoms with E-state index in [1.165, 1.54) is 16.3 Å². The molecule has 0 aromatic heterocycles. The van der Waals surface area contributed by atoms with Gasteiger partial charge in [-0.3, -0.25) is 0 Å². The SMILES string of the molecule is Oc1c2c(cc3ccccc13)-c1cccc3cccc-2c13. The average molecular weight is 268 g/mol. The van der Waals surface area contributed by atoms with Crippen molar-refractivity contribution in [2.24, 2.45) is 0 Å². The maximum atomic E-state index is 10.8. The van der Waals surface area contributed by atoms with Gasteiger partial charge in [-0.05, 0) is 38.9 Å². The molecule has 1 aliphatic rings. The van der Waals surface area contributed by atoms with Crippen molar-refractivity contribution in [2.75, 3.05) is 0 Å². The van der Waals surface area contributed by atoms with E-state index >= 15 is 0 Å². The Morgan fingerprint density at radius 3 is 2.19 bits per heavy atom. The van der Waals surface area contributed by atoms with E-state index in [1.54, 1.807) is 0 Å². The number of aromatic hydroxyl groups is 1. The zero-order valence-corrected chi connectivity index (χ0v) is 11.3. The third-order valence-corrected chi connectivity index (χ3v) is 4.49. The van der Waals surface area contributed by atoms with E-state index in [-0.39, 0.29) is 0 Å². The van der Waals surface area contributed by atoms with Gasteiger partial charge in [-0.15, -0.1) is 0 Å². The fourth-order valence-corrected chi connectivity index (χ4v) is 3.59. The van der Waals surface area contributed by atoms with Gasteiger partial charge in [0.1, 0.15) is 5.75 Å². The molecule has 0 fully saturated rings. The van der Waals surface area contributed by atoms with Crippen molar-refractivity contribution < 1.29 is 5.11 Å². The summed E-state index contributed by atoms with van der Waals surface area (Å²) in [6.07, 6.45) is 0. The molecule has 0 spiro atoms. The zero-order chi connectivity index (χ0) is 14.0. The molecule has 0 bridgehead atoms. The predicted molar refractivity (Wildman–Crippen MR) is 87.5 cm³/mol. The molecule has 98 valence electrons. The van der Waals surface area contributed by atoms with Gasteiger partial charge in [0.15, 0.2) is 0 Å². The van der Waals surface area contributed by atoms with Crippen molar-refractivity contribution in [1.82, 2.24) is 0 Å². The van der Waals surface area contributed by atoms with E-state index in [1.807, 2.05) is 18.2 Å². The summed E-state index contributed by atoms with van der Waals surface area (Å²) in [5.74, 6) is 0.395. The van der Waals surface area contributed by atoms with Crippen LogP contribution in [0.25, 0.3) is 43.8 Å². The number of hydrogen-bond donors (Lipinski definition) is 1. The highest BCUT2D eigenvalue weighted by atomic mass is 16.3. The summed E-state index contributed by atoms with van der Waals surface area (Å²) in [7, 11) is 0. The van der Waals surface area contributed by atoms with Gasteiger partial charge < -0.3 is 5.11 Å². The number of phenolic OH excluding ortho intramolecular Hbond substituents is 1. The fourth-order valence-electron chi connectivity index (χ4n) is 3.59. The minimum Gasteiger partial charge on any atom is -0.507 e. The molecule has 1 aliphatic carbocycles. The monoisotopic (exact) mass is 268 g/mol. The lowest BCUT2D eigenvalue weighted by Gasteiger charge is -2.09. The van der Waals surface area contributed by atoms with Gasteiger partial charge in [0.05, 0.1) is 0 Å². The largest absolute Gasteiger partial charge is 0.507 e. The number of benzene rings is 4. The van der Waals surface area contributed by atoms with Crippen molar-refractivity contribution in [3.63, 3.8) is 0 Å². The van der Waals surface area contributed by atoms with Crippen molar-refractivity contribution in [3.05, 3.63) is 66.7 Å². The second-order valence-corrected chi connectivity index (χ2v) is 5.58. The highest BCUT2D eigenvalue weighted by molar-refractivity contribution is 6.19. The van der Waals surface area contributed by atoms with Gasteiger partial charge in [-0.2, -0.15) is 0 Å². The molecule has 0 unspecified atom stereocenters. The van der Waals surface area contributed by atoms with Crippen LogP contribution < -0.4 is 0 Å². The molecule has 0 amide bonds. The van der Waals surface area contributed by atoms with Gasteiger partial charge in [-0.1, -0.05) is 60.7 Å². The third kappa shape index (κ3) is 1.26. The van der Waals surface area contributed by atoms with Crippen LogP contribution >= 0.6 is 0 Å². The third-order valence-electron chi connectivity index (χ3n) is 4.49. The van der Waals surface area contributed by atoms with Crippen molar-refractivity contribution in [3.8, 4) is 28.0 Å². The molecule has 5 rings (SSSR count). The summed E-state index contributed by atoms with van der Waals surface area (Å²) in [6, 6.07) is 22.9. The minimum absolute atomic E-state index is 0.395. The molecule has 0 heterocycles. The Kier molecular flexibility index (Phi) is 1.90. The Hall–Kier alpha value is -2.80. The molecule has 21 heavy (non-hydrogen) atoms. The van der Waals surface area contributed by atoms with Crippen LogP contribution in [0.5, 0.6) is 5.75 Å². The van der Waals surface area contributed by atoms with Crippen LogP contribution in [0.15, 0.2) is 66.7 Å². The molecular weight excluding hydrogens is 256 g/mol. The van der Waals surface area contributed by atoms with Gasteiger partial charge in [0.25, 0.3) is 0 Å². The molecule has 0 saturated carbocycles. The quantitative estimate of drug-likeness (QED) is 0.401. The van der Waals surface area contributed by atoms with E-state index in [9.17, 15) is 5.11 Å². The predicted octanol–water partition coefficient (Wildman–Crippen LogP) is 5.35. The van der Waals surface area contributed by atoms with Gasteiger partial charge in [0.2, 0.25) is 0 Å². The molecule has 1 N–H and O–H groups in total. The molecule has 0 saturated heterocycles. The lowest BCUT2D eigenvalue weighted by Crippen LogP contribution is -1.81. The molecule has 0 atom stereocenters. The summed E-state index contributed by atoms with van der Waals surface area (Å²) in [5, 5.41) is 15.3. The van der Waals surface area contributed by atoms with Gasteiger partial charge >= 0.3 is 0 Å². The number of rotatable bonds is 0. The molecule has 4 aromatic rings. The second-order valence-electron chi connectivity index (χ2n) is 5.58. The van der Waals surface area contributed by atoms with E-state index in [0.717, 1.165) is 27.5 Å².